The first-order valence-corrected chi connectivity index (χ1v) is 10.5. The molecule has 0 saturated carbocycles. The zero-order valence-electron chi connectivity index (χ0n) is 17.9. The SMILES string of the molecule is COCCN(C)c1ccc(C(C)NC(=O)CC(=O)Nc2ccc(C(=N)N)cc2)cc1Br. The van der Waals surface area contributed by atoms with E-state index < -0.39 is 5.91 Å². The second-order valence-electron chi connectivity index (χ2n) is 7.13. The molecule has 0 radical (unpaired) electrons. The molecule has 0 spiro atoms. The number of amidine groups is 1. The predicted molar refractivity (Wildman–Crippen MR) is 127 cm³/mol. The van der Waals surface area contributed by atoms with Gasteiger partial charge in [-0.25, -0.2) is 0 Å². The number of halogens is 1. The number of nitrogens with two attached hydrogens (primary N) is 1. The van der Waals surface area contributed by atoms with Crippen LogP contribution in [0.2, 0.25) is 0 Å². The minimum atomic E-state index is -0.420. The van der Waals surface area contributed by atoms with Crippen LogP contribution in [-0.4, -0.2) is 45.0 Å². The molecular weight excluding hydrogens is 462 g/mol. The van der Waals surface area contributed by atoms with Crippen LogP contribution in [-0.2, 0) is 14.3 Å². The lowest BCUT2D eigenvalue weighted by Crippen LogP contribution is -2.30. The Hall–Kier alpha value is -2.91. The number of carbonyl (C=O) groups is 2. The number of nitrogen functional groups attached to an aromatic ring is 1. The minimum Gasteiger partial charge on any atom is -0.384 e. The van der Waals surface area contributed by atoms with Gasteiger partial charge in [-0.15, -0.1) is 0 Å². The Morgan fingerprint density at radius 3 is 2.45 bits per heavy atom. The minimum absolute atomic E-state index is 0.0486. The first-order chi connectivity index (χ1) is 14.7. The maximum absolute atomic E-state index is 12.3. The van der Waals surface area contributed by atoms with E-state index in [1.807, 2.05) is 32.2 Å². The third-order valence-electron chi connectivity index (χ3n) is 4.69. The van der Waals surface area contributed by atoms with Crippen molar-refractivity contribution in [1.82, 2.24) is 5.32 Å². The van der Waals surface area contributed by atoms with Crippen LogP contribution in [0.1, 0.15) is 30.5 Å². The van der Waals surface area contributed by atoms with Crippen molar-refractivity contribution >= 4 is 45.0 Å². The van der Waals surface area contributed by atoms with E-state index in [2.05, 4.69) is 31.5 Å². The second kappa shape index (κ2) is 11.5. The third kappa shape index (κ3) is 7.37. The normalized spacial score (nSPS) is 11.5. The van der Waals surface area contributed by atoms with Crippen molar-refractivity contribution in [3.05, 3.63) is 58.1 Å². The van der Waals surface area contributed by atoms with Gasteiger partial charge in [0.15, 0.2) is 0 Å². The van der Waals surface area contributed by atoms with E-state index in [4.69, 9.17) is 15.9 Å². The number of nitrogens with zero attached hydrogens (tertiary/aromatic N) is 1. The van der Waals surface area contributed by atoms with E-state index in [-0.39, 0.29) is 24.2 Å². The number of benzene rings is 2. The summed E-state index contributed by atoms with van der Waals surface area (Å²) in [5.41, 5.74) is 8.45. The summed E-state index contributed by atoms with van der Waals surface area (Å²) >= 11 is 3.59. The summed E-state index contributed by atoms with van der Waals surface area (Å²) in [5.74, 6) is -0.841. The van der Waals surface area contributed by atoms with E-state index in [0.717, 1.165) is 22.3 Å². The van der Waals surface area contributed by atoms with Gasteiger partial charge in [0, 0.05) is 36.4 Å². The number of hydrogen-bond acceptors (Lipinski definition) is 5. The molecule has 0 aromatic heterocycles. The lowest BCUT2D eigenvalue weighted by atomic mass is 10.1. The molecule has 0 aliphatic rings. The summed E-state index contributed by atoms with van der Waals surface area (Å²) in [6, 6.07) is 12.2. The summed E-state index contributed by atoms with van der Waals surface area (Å²) in [6.45, 7) is 3.25. The summed E-state index contributed by atoms with van der Waals surface area (Å²) in [5, 5.41) is 12.9. The summed E-state index contributed by atoms with van der Waals surface area (Å²) in [4.78, 5) is 26.5. The van der Waals surface area contributed by atoms with Gasteiger partial charge in [0.05, 0.1) is 18.3 Å². The fourth-order valence-corrected chi connectivity index (χ4v) is 3.61. The van der Waals surface area contributed by atoms with E-state index >= 15 is 0 Å². The van der Waals surface area contributed by atoms with Gasteiger partial charge in [0.25, 0.3) is 0 Å². The maximum Gasteiger partial charge on any atom is 0.233 e. The largest absolute Gasteiger partial charge is 0.384 e. The van der Waals surface area contributed by atoms with Crippen LogP contribution >= 0.6 is 15.9 Å². The van der Waals surface area contributed by atoms with Gasteiger partial charge < -0.3 is 26.0 Å². The Morgan fingerprint density at radius 2 is 1.87 bits per heavy atom. The van der Waals surface area contributed by atoms with Crippen molar-refractivity contribution in [2.45, 2.75) is 19.4 Å². The first-order valence-electron chi connectivity index (χ1n) is 9.74. The molecule has 0 aliphatic heterocycles. The Labute approximate surface area is 190 Å². The highest BCUT2D eigenvalue weighted by atomic mass is 79.9. The number of anilines is 2. The molecular formula is C22H28BrN5O3. The van der Waals surface area contributed by atoms with Crippen LogP contribution in [0, 0.1) is 5.41 Å². The number of hydrogen-bond donors (Lipinski definition) is 4. The highest BCUT2D eigenvalue weighted by molar-refractivity contribution is 9.10. The monoisotopic (exact) mass is 489 g/mol. The first kappa shape index (κ1) is 24.4. The van der Waals surface area contributed by atoms with Gasteiger partial charge in [0.1, 0.15) is 12.3 Å². The molecule has 31 heavy (non-hydrogen) atoms. The van der Waals surface area contributed by atoms with Gasteiger partial charge in [-0.3, -0.25) is 15.0 Å². The van der Waals surface area contributed by atoms with Crippen molar-refractivity contribution in [3.8, 4) is 0 Å². The fraction of sp³-hybridized carbons (Fsp3) is 0.318. The molecule has 9 heteroatoms. The number of ether oxygens (including phenoxy) is 1. The molecule has 2 aromatic rings. The maximum atomic E-state index is 12.3. The standard InChI is InChI=1S/C22H28BrN5O3/c1-14(16-6-9-19(18(23)12-16)28(2)10-11-31-3)26-20(29)13-21(30)27-17-7-4-15(5-8-17)22(24)25/h4-9,12,14H,10-11,13H2,1-3H3,(H3,24,25)(H,26,29)(H,27,30). The summed E-state index contributed by atoms with van der Waals surface area (Å²) in [7, 11) is 3.65. The third-order valence-corrected chi connectivity index (χ3v) is 5.33. The van der Waals surface area contributed by atoms with E-state index in [1.165, 1.54) is 0 Å². The Morgan fingerprint density at radius 1 is 1.19 bits per heavy atom. The number of nitrogens with one attached hydrogen (secondary N) is 3. The Bertz CT molecular complexity index is 933. The smallest absolute Gasteiger partial charge is 0.233 e. The van der Waals surface area contributed by atoms with Gasteiger partial charge in [-0.2, -0.15) is 0 Å². The fourth-order valence-electron chi connectivity index (χ4n) is 2.91. The van der Waals surface area contributed by atoms with Crippen LogP contribution in [0.3, 0.4) is 0 Å². The molecule has 166 valence electrons. The highest BCUT2D eigenvalue weighted by Crippen LogP contribution is 2.28. The van der Waals surface area contributed by atoms with Crippen molar-refractivity contribution < 1.29 is 14.3 Å². The molecule has 8 nitrogen and oxygen atoms in total. The molecule has 2 aromatic carbocycles. The molecule has 5 N–H and O–H groups in total. The summed E-state index contributed by atoms with van der Waals surface area (Å²) < 4.78 is 6.03. The predicted octanol–water partition coefficient (Wildman–Crippen LogP) is 3.02. The summed E-state index contributed by atoms with van der Waals surface area (Å²) in [6.07, 6.45) is -0.294. The van der Waals surface area contributed by atoms with Gasteiger partial charge in [0.2, 0.25) is 11.8 Å². The highest BCUT2D eigenvalue weighted by Gasteiger charge is 2.15. The molecule has 0 saturated heterocycles. The number of rotatable bonds is 10. The van der Waals surface area contributed by atoms with E-state index in [0.29, 0.717) is 17.9 Å². The van der Waals surface area contributed by atoms with Crippen LogP contribution in [0.5, 0.6) is 0 Å². The van der Waals surface area contributed by atoms with Gasteiger partial charge in [-0.1, -0.05) is 6.07 Å². The molecule has 1 atom stereocenters. The van der Waals surface area contributed by atoms with Crippen LogP contribution in [0.15, 0.2) is 46.9 Å². The molecule has 0 aliphatic carbocycles. The van der Waals surface area contributed by atoms with E-state index in [9.17, 15) is 9.59 Å². The molecule has 1 unspecified atom stereocenters. The lowest BCUT2D eigenvalue weighted by molar-refractivity contribution is -0.127. The van der Waals surface area contributed by atoms with Crippen molar-refractivity contribution in [3.63, 3.8) is 0 Å². The number of methoxy groups -OCH3 is 1. The average molecular weight is 490 g/mol. The average Bonchev–Trinajstić information content (AvgIpc) is 2.71. The second-order valence-corrected chi connectivity index (χ2v) is 7.98. The Balaban J connectivity index is 1.90. The Kier molecular flexibility index (Phi) is 9.02. The van der Waals surface area contributed by atoms with Crippen LogP contribution in [0.4, 0.5) is 11.4 Å². The zero-order chi connectivity index (χ0) is 23.0. The van der Waals surface area contributed by atoms with Crippen molar-refractivity contribution in [2.24, 2.45) is 5.73 Å². The van der Waals surface area contributed by atoms with E-state index in [1.54, 1.807) is 31.4 Å². The molecule has 0 heterocycles. The zero-order valence-corrected chi connectivity index (χ0v) is 19.5. The quantitative estimate of drug-likeness (QED) is 0.232. The van der Waals surface area contributed by atoms with Gasteiger partial charge >= 0.3 is 0 Å². The lowest BCUT2D eigenvalue weighted by Gasteiger charge is -2.22. The molecule has 2 amide bonds. The van der Waals surface area contributed by atoms with Crippen molar-refractivity contribution in [2.75, 3.05) is 37.5 Å². The number of amides is 2. The topological polar surface area (TPSA) is 121 Å². The molecule has 2 rings (SSSR count). The van der Waals surface area contributed by atoms with Crippen molar-refractivity contribution in [1.29, 1.82) is 5.41 Å². The number of likely N-dealkylation sites (N-methyl/N-ethyl adjacent to an activating group) is 1. The van der Waals surface area contributed by atoms with Gasteiger partial charge in [-0.05, 0) is 64.8 Å². The van der Waals surface area contributed by atoms with Crippen LogP contribution in [0.25, 0.3) is 0 Å². The molecule has 0 bridgehead atoms. The number of carbonyl (C=O) groups excluding carboxylic acids is 2. The van der Waals surface area contributed by atoms with Crippen LogP contribution < -0.4 is 21.3 Å². The molecule has 0 fully saturated rings.